The van der Waals surface area contributed by atoms with Crippen LogP contribution in [0, 0.1) is 11.6 Å². The fraction of sp³-hybridized carbons (Fsp3) is 0.304. The molecule has 1 amide bonds. The van der Waals surface area contributed by atoms with Crippen molar-refractivity contribution in [3.63, 3.8) is 0 Å². The monoisotopic (exact) mass is 398 g/mol. The van der Waals surface area contributed by atoms with Crippen LogP contribution >= 0.6 is 0 Å². The lowest BCUT2D eigenvalue weighted by Gasteiger charge is -2.19. The van der Waals surface area contributed by atoms with Gasteiger partial charge in [0.25, 0.3) is 5.91 Å². The van der Waals surface area contributed by atoms with E-state index in [1.807, 2.05) is 6.92 Å². The molecule has 6 heteroatoms. The van der Waals surface area contributed by atoms with Crippen LogP contribution in [0.2, 0.25) is 0 Å². The average molecular weight is 398 g/mol. The van der Waals surface area contributed by atoms with Crippen LogP contribution in [0.3, 0.4) is 0 Å². The molecule has 0 aliphatic heterocycles. The number of nitrogens with one attached hydrogen (secondary N) is 1. The number of carbonyl (C=O) groups is 1. The van der Waals surface area contributed by atoms with Crippen LogP contribution in [-0.4, -0.2) is 23.5 Å². The van der Waals surface area contributed by atoms with Gasteiger partial charge in [0.15, 0.2) is 0 Å². The van der Waals surface area contributed by atoms with Crippen LogP contribution in [-0.2, 0) is 0 Å². The van der Waals surface area contributed by atoms with Gasteiger partial charge in [-0.15, -0.1) is 0 Å². The van der Waals surface area contributed by atoms with Gasteiger partial charge >= 0.3 is 0 Å². The third kappa shape index (κ3) is 5.50. The SMILES string of the molecule is CCC(CCCCNC(=O)c1ccc(F)cc1)Oc1ccnc2c(F)cccc12. The predicted molar refractivity (Wildman–Crippen MR) is 109 cm³/mol. The van der Waals surface area contributed by atoms with E-state index < -0.39 is 0 Å². The van der Waals surface area contributed by atoms with Gasteiger partial charge in [0.2, 0.25) is 0 Å². The molecule has 3 rings (SSSR count). The first kappa shape index (κ1) is 20.7. The summed E-state index contributed by atoms with van der Waals surface area (Å²) in [4.78, 5) is 16.1. The second-order valence-electron chi connectivity index (χ2n) is 6.85. The number of unbranched alkanes of at least 4 members (excludes halogenated alkanes) is 1. The van der Waals surface area contributed by atoms with E-state index in [0.717, 1.165) is 25.7 Å². The molecule has 1 heterocycles. The number of benzene rings is 2. The Kier molecular flexibility index (Phi) is 7.11. The third-order valence-electron chi connectivity index (χ3n) is 4.78. The van der Waals surface area contributed by atoms with Gasteiger partial charge in [0.1, 0.15) is 22.9 Å². The molecule has 0 radical (unpaired) electrons. The molecular formula is C23H24F2N2O2. The summed E-state index contributed by atoms with van der Waals surface area (Å²) in [6, 6.07) is 12.1. The molecule has 1 unspecified atom stereocenters. The quantitative estimate of drug-likeness (QED) is 0.500. The molecule has 0 aliphatic rings. The van der Waals surface area contributed by atoms with Crippen molar-refractivity contribution >= 4 is 16.8 Å². The maximum atomic E-state index is 13.9. The Balaban J connectivity index is 1.47. The molecule has 0 spiro atoms. The number of fused-ring (bicyclic) bond motifs is 1. The minimum absolute atomic E-state index is 0.00309. The van der Waals surface area contributed by atoms with Crippen molar-refractivity contribution in [1.29, 1.82) is 0 Å². The molecule has 0 aliphatic carbocycles. The lowest BCUT2D eigenvalue weighted by Crippen LogP contribution is -2.24. The summed E-state index contributed by atoms with van der Waals surface area (Å²) in [6.07, 6.45) is 4.87. The van der Waals surface area contributed by atoms with E-state index in [1.54, 1.807) is 24.4 Å². The molecule has 0 saturated carbocycles. The number of para-hydroxylation sites is 1. The average Bonchev–Trinajstić information content (AvgIpc) is 2.73. The number of rotatable bonds is 9. The van der Waals surface area contributed by atoms with E-state index in [9.17, 15) is 13.6 Å². The smallest absolute Gasteiger partial charge is 0.251 e. The molecule has 152 valence electrons. The molecule has 2 aromatic carbocycles. The summed E-state index contributed by atoms with van der Waals surface area (Å²) in [5, 5.41) is 3.50. The number of nitrogens with zero attached hydrogens (tertiary/aromatic N) is 1. The van der Waals surface area contributed by atoms with Crippen molar-refractivity contribution in [2.75, 3.05) is 6.54 Å². The molecule has 0 bridgehead atoms. The second-order valence-corrected chi connectivity index (χ2v) is 6.85. The van der Waals surface area contributed by atoms with Crippen LogP contribution in [0.25, 0.3) is 10.9 Å². The van der Waals surface area contributed by atoms with Crippen LogP contribution in [0.5, 0.6) is 5.75 Å². The summed E-state index contributed by atoms with van der Waals surface area (Å²) < 4.78 is 32.9. The highest BCUT2D eigenvalue weighted by molar-refractivity contribution is 5.94. The highest BCUT2D eigenvalue weighted by atomic mass is 19.1. The zero-order valence-electron chi connectivity index (χ0n) is 16.3. The standard InChI is InChI=1S/C23H24F2N2O2/c1-2-18(29-21-13-15-26-22-19(21)7-5-8-20(22)25)6-3-4-14-27-23(28)16-9-11-17(24)12-10-16/h5,7-13,15,18H,2-4,6,14H2,1H3,(H,27,28). The van der Waals surface area contributed by atoms with Crippen molar-refractivity contribution in [1.82, 2.24) is 10.3 Å². The number of hydrogen-bond acceptors (Lipinski definition) is 3. The summed E-state index contributed by atoms with van der Waals surface area (Å²) in [6.45, 7) is 2.58. The zero-order chi connectivity index (χ0) is 20.6. The van der Waals surface area contributed by atoms with Gasteiger partial charge in [0, 0.05) is 23.7 Å². The van der Waals surface area contributed by atoms with Crippen LogP contribution < -0.4 is 10.1 Å². The number of ether oxygens (including phenoxy) is 1. The fourth-order valence-electron chi connectivity index (χ4n) is 3.15. The molecule has 29 heavy (non-hydrogen) atoms. The molecular weight excluding hydrogens is 374 g/mol. The molecule has 1 atom stereocenters. The molecule has 1 N–H and O–H groups in total. The van der Waals surface area contributed by atoms with E-state index in [0.29, 0.717) is 28.8 Å². The third-order valence-corrected chi connectivity index (χ3v) is 4.78. The van der Waals surface area contributed by atoms with Gasteiger partial charge < -0.3 is 10.1 Å². The van der Waals surface area contributed by atoms with Crippen molar-refractivity contribution in [2.24, 2.45) is 0 Å². The van der Waals surface area contributed by atoms with Crippen LogP contribution in [0.4, 0.5) is 8.78 Å². The minimum Gasteiger partial charge on any atom is -0.490 e. The van der Waals surface area contributed by atoms with E-state index in [4.69, 9.17) is 4.74 Å². The van der Waals surface area contributed by atoms with Gasteiger partial charge in [-0.25, -0.2) is 8.78 Å². The topological polar surface area (TPSA) is 51.2 Å². The summed E-state index contributed by atoms with van der Waals surface area (Å²) >= 11 is 0. The van der Waals surface area contributed by atoms with E-state index in [-0.39, 0.29) is 23.6 Å². The Morgan fingerprint density at radius 3 is 2.66 bits per heavy atom. The number of hydrogen-bond donors (Lipinski definition) is 1. The highest BCUT2D eigenvalue weighted by Crippen LogP contribution is 2.27. The van der Waals surface area contributed by atoms with Crippen LogP contribution in [0.15, 0.2) is 54.7 Å². The van der Waals surface area contributed by atoms with Crippen molar-refractivity contribution in [2.45, 2.75) is 38.7 Å². The Bertz CT molecular complexity index is 961. The first-order chi connectivity index (χ1) is 14.1. The van der Waals surface area contributed by atoms with Crippen molar-refractivity contribution < 1.29 is 18.3 Å². The van der Waals surface area contributed by atoms with Gasteiger partial charge in [-0.3, -0.25) is 9.78 Å². The van der Waals surface area contributed by atoms with Gasteiger partial charge in [-0.05, 0) is 68.1 Å². The molecule has 4 nitrogen and oxygen atoms in total. The predicted octanol–water partition coefficient (Wildman–Crippen LogP) is 5.27. The van der Waals surface area contributed by atoms with E-state index in [2.05, 4.69) is 10.3 Å². The first-order valence-electron chi connectivity index (χ1n) is 9.82. The number of pyridine rings is 1. The Morgan fingerprint density at radius 1 is 1.10 bits per heavy atom. The van der Waals surface area contributed by atoms with Crippen molar-refractivity contribution in [3.8, 4) is 5.75 Å². The second kappa shape index (κ2) is 9.96. The highest BCUT2D eigenvalue weighted by Gasteiger charge is 2.12. The molecule has 1 aromatic heterocycles. The summed E-state index contributed by atoms with van der Waals surface area (Å²) in [7, 11) is 0. The lowest BCUT2D eigenvalue weighted by molar-refractivity contribution is 0.0952. The largest absolute Gasteiger partial charge is 0.490 e. The van der Waals surface area contributed by atoms with Crippen molar-refractivity contribution in [3.05, 3.63) is 71.9 Å². The van der Waals surface area contributed by atoms with E-state index >= 15 is 0 Å². The Hall–Kier alpha value is -3.02. The van der Waals surface area contributed by atoms with Gasteiger partial charge in [-0.1, -0.05) is 13.0 Å². The molecule has 0 fully saturated rings. The zero-order valence-corrected chi connectivity index (χ0v) is 16.3. The van der Waals surface area contributed by atoms with Gasteiger partial charge in [-0.2, -0.15) is 0 Å². The Morgan fingerprint density at radius 2 is 1.90 bits per heavy atom. The summed E-state index contributed by atoms with van der Waals surface area (Å²) in [5.74, 6) is -0.306. The van der Waals surface area contributed by atoms with E-state index in [1.165, 1.54) is 30.3 Å². The lowest BCUT2D eigenvalue weighted by atomic mass is 10.1. The Labute approximate surface area is 168 Å². The molecule has 3 aromatic rings. The first-order valence-corrected chi connectivity index (χ1v) is 9.82. The molecule has 0 saturated heterocycles. The van der Waals surface area contributed by atoms with Gasteiger partial charge in [0.05, 0.1) is 6.10 Å². The minimum atomic E-state index is -0.364. The maximum Gasteiger partial charge on any atom is 0.251 e. The number of amides is 1. The van der Waals surface area contributed by atoms with Crippen LogP contribution in [0.1, 0.15) is 43.0 Å². The fourth-order valence-corrected chi connectivity index (χ4v) is 3.15. The number of aromatic nitrogens is 1. The normalized spacial score (nSPS) is 12.0. The summed E-state index contributed by atoms with van der Waals surface area (Å²) in [5.41, 5.74) is 0.751. The number of halogens is 2. The number of carbonyl (C=O) groups excluding carboxylic acids is 1. The maximum absolute atomic E-state index is 13.9.